The Morgan fingerprint density at radius 3 is 2.29 bits per heavy atom. The predicted octanol–water partition coefficient (Wildman–Crippen LogP) is 3.90. The Labute approximate surface area is 100 Å². The van der Waals surface area contributed by atoms with Gasteiger partial charge in [-0.25, -0.2) is 4.39 Å². The maximum Gasteiger partial charge on any atom is 0.288 e. The summed E-state index contributed by atoms with van der Waals surface area (Å²) in [6.07, 6.45) is 0.618. The van der Waals surface area contributed by atoms with Crippen LogP contribution in [0.1, 0.15) is 11.1 Å². The van der Waals surface area contributed by atoms with E-state index in [4.69, 9.17) is 0 Å². The van der Waals surface area contributed by atoms with Gasteiger partial charge in [0.1, 0.15) is 12.2 Å². The maximum atomic E-state index is 12.7. The summed E-state index contributed by atoms with van der Waals surface area (Å²) in [6.45, 7) is 0.641. The summed E-state index contributed by atoms with van der Waals surface area (Å²) in [5.41, 5.74) is 2.18. The molecule has 2 heteroatoms. The molecular weight excluding hydrogens is 213 g/mol. The molecule has 84 valence electrons. The summed E-state index contributed by atoms with van der Waals surface area (Å²) >= 11 is 0. The molecule has 2 rings (SSSR count). The van der Waals surface area contributed by atoms with Crippen LogP contribution < -0.4 is 0 Å². The molecular formula is C15H13FN+. The molecule has 0 fully saturated rings. The SMILES string of the molecule is Fc1ccc(CC#[N+]Cc2ccccc2)cc1. The molecule has 2 aromatic carbocycles. The number of hydrogen-bond acceptors (Lipinski definition) is 0. The molecule has 0 aromatic heterocycles. The van der Waals surface area contributed by atoms with Crippen molar-refractivity contribution in [2.24, 2.45) is 0 Å². The molecule has 0 saturated carbocycles. The van der Waals surface area contributed by atoms with Crippen molar-refractivity contribution in [2.45, 2.75) is 13.0 Å². The minimum absolute atomic E-state index is 0.213. The summed E-state index contributed by atoms with van der Waals surface area (Å²) in [6, 6.07) is 19.4. The Hall–Kier alpha value is -2.14. The van der Waals surface area contributed by atoms with Crippen molar-refractivity contribution in [1.82, 2.24) is 0 Å². The molecule has 0 N–H and O–H groups in total. The predicted molar refractivity (Wildman–Crippen MR) is 67.5 cm³/mol. The monoisotopic (exact) mass is 226 g/mol. The van der Waals surface area contributed by atoms with Crippen LogP contribution in [0, 0.1) is 11.9 Å². The van der Waals surface area contributed by atoms with Gasteiger partial charge in [0, 0.05) is 5.56 Å². The molecule has 2 aromatic rings. The van der Waals surface area contributed by atoms with Crippen molar-refractivity contribution in [3.8, 4) is 6.07 Å². The van der Waals surface area contributed by atoms with E-state index < -0.39 is 0 Å². The lowest BCUT2D eigenvalue weighted by atomic mass is 10.2. The van der Waals surface area contributed by atoms with Gasteiger partial charge in [0.2, 0.25) is 0 Å². The number of rotatable bonds is 2. The molecule has 17 heavy (non-hydrogen) atoms. The zero-order chi connectivity index (χ0) is 11.9. The van der Waals surface area contributed by atoms with Crippen molar-refractivity contribution >= 4 is 0 Å². The fourth-order valence-electron chi connectivity index (χ4n) is 1.48. The van der Waals surface area contributed by atoms with Gasteiger partial charge in [-0.1, -0.05) is 47.3 Å². The second kappa shape index (κ2) is 5.81. The van der Waals surface area contributed by atoms with Gasteiger partial charge in [-0.15, -0.1) is 0 Å². The zero-order valence-corrected chi connectivity index (χ0v) is 9.44. The Bertz CT molecular complexity index is 520. The van der Waals surface area contributed by atoms with Gasteiger partial charge in [0.05, 0.1) is 0 Å². The van der Waals surface area contributed by atoms with E-state index in [-0.39, 0.29) is 5.82 Å². The van der Waals surface area contributed by atoms with Gasteiger partial charge in [-0.3, -0.25) is 0 Å². The zero-order valence-electron chi connectivity index (χ0n) is 9.44. The first-order valence-corrected chi connectivity index (χ1v) is 5.52. The second-order valence-electron chi connectivity index (χ2n) is 3.76. The van der Waals surface area contributed by atoms with Crippen LogP contribution in [-0.2, 0) is 13.0 Å². The van der Waals surface area contributed by atoms with Crippen molar-refractivity contribution in [3.63, 3.8) is 0 Å². The quantitative estimate of drug-likeness (QED) is 0.731. The van der Waals surface area contributed by atoms with Gasteiger partial charge in [-0.2, -0.15) is 0 Å². The van der Waals surface area contributed by atoms with Crippen molar-refractivity contribution in [1.29, 1.82) is 0 Å². The van der Waals surface area contributed by atoms with Crippen molar-refractivity contribution in [3.05, 3.63) is 76.4 Å². The third-order valence-corrected chi connectivity index (χ3v) is 2.41. The van der Waals surface area contributed by atoms with Crippen LogP contribution >= 0.6 is 0 Å². The average Bonchev–Trinajstić information content (AvgIpc) is 2.38. The fraction of sp³-hybridized carbons (Fsp3) is 0.133. The Balaban J connectivity index is 1.89. The van der Waals surface area contributed by atoms with E-state index in [1.807, 2.05) is 30.3 Å². The minimum Gasteiger partial charge on any atom is -0.207 e. The van der Waals surface area contributed by atoms with Gasteiger partial charge < -0.3 is 0 Å². The molecule has 1 nitrogen and oxygen atoms in total. The molecule has 0 radical (unpaired) electrons. The average molecular weight is 226 g/mol. The standard InChI is InChI=1S/C15H13FN/c16-15-8-6-13(7-9-15)10-11-17-12-14-4-2-1-3-5-14/h1-9H,10,12H2/q+1. The van der Waals surface area contributed by atoms with E-state index in [1.54, 1.807) is 12.1 Å². The first-order valence-electron chi connectivity index (χ1n) is 5.52. The topological polar surface area (TPSA) is 4.36 Å². The van der Waals surface area contributed by atoms with Gasteiger partial charge in [-0.05, 0) is 17.7 Å². The summed E-state index contributed by atoms with van der Waals surface area (Å²) < 4.78 is 12.7. The number of benzene rings is 2. The lowest BCUT2D eigenvalue weighted by Crippen LogP contribution is -1.82. The summed E-state index contributed by atoms with van der Waals surface area (Å²) in [5, 5.41) is 0. The van der Waals surface area contributed by atoms with Gasteiger partial charge >= 0.3 is 0 Å². The van der Waals surface area contributed by atoms with Crippen molar-refractivity contribution in [2.75, 3.05) is 0 Å². The van der Waals surface area contributed by atoms with Crippen LogP contribution in [0.2, 0.25) is 0 Å². The number of hydrogen-bond donors (Lipinski definition) is 0. The Morgan fingerprint density at radius 1 is 0.882 bits per heavy atom. The number of nitrogens with zero attached hydrogens (tertiary/aromatic N) is 1. The highest BCUT2D eigenvalue weighted by molar-refractivity contribution is 5.21. The molecule has 0 unspecified atom stereocenters. The smallest absolute Gasteiger partial charge is 0.207 e. The third kappa shape index (κ3) is 3.73. The Kier molecular flexibility index (Phi) is 3.88. The van der Waals surface area contributed by atoms with Crippen LogP contribution in [0.3, 0.4) is 0 Å². The summed E-state index contributed by atoms with van der Waals surface area (Å²) in [5.74, 6) is -0.213. The van der Waals surface area contributed by atoms with Crippen LogP contribution in [0.25, 0.3) is 4.85 Å². The van der Waals surface area contributed by atoms with Crippen LogP contribution in [0.15, 0.2) is 54.6 Å². The largest absolute Gasteiger partial charge is 0.288 e. The normalized spacial score (nSPS) is 9.47. The molecule has 0 atom stereocenters. The molecule has 0 aliphatic carbocycles. The molecule has 0 heterocycles. The molecule has 0 aliphatic rings. The van der Waals surface area contributed by atoms with Crippen LogP contribution in [0.5, 0.6) is 0 Å². The highest BCUT2D eigenvalue weighted by atomic mass is 19.1. The summed E-state index contributed by atoms with van der Waals surface area (Å²) in [7, 11) is 0. The molecule has 0 saturated heterocycles. The fourth-order valence-corrected chi connectivity index (χ4v) is 1.48. The van der Waals surface area contributed by atoms with E-state index in [0.717, 1.165) is 5.56 Å². The lowest BCUT2D eigenvalue weighted by Gasteiger charge is -1.90. The van der Waals surface area contributed by atoms with Gasteiger partial charge in [0.15, 0.2) is 0 Å². The van der Waals surface area contributed by atoms with E-state index in [9.17, 15) is 4.39 Å². The third-order valence-electron chi connectivity index (χ3n) is 2.41. The van der Waals surface area contributed by atoms with E-state index >= 15 is 0 Å². The van der Waals surface area contributed by atoms with Crippen LogP contribution in [-0.4, -0.2) is 0 Å². The Morgan fingerprint density at radius 2 is 1.59 bits per heavy atom. The first-order chi connectivity index (χ1) is 8.34. The molecule has 0 amide bonds. The highest BCUT2D eigenvalue weighted by Crippen LogP contribution is 2.04. The lowest BCUT2D eigenvalue weighted by molar-refractivity contribution is 0.627. The summed E-state index contributed by atoms with van der Waals surface area (Å²) in [4.78, 5) is 4.22. The second-order valence-corrected chi connectivity index (χ2v) is 3.76. The molecule has 0 bridgehead atoms. The maximum absolute atomic E-state index is 12.7. The van der Waals surface area contributed by atoms with E-state index in [1.165, 1.54) is 17.7 Å². The molecule has 0 aliphatic heterocycles. The van der Waals surface area contributed by atoms with Crippen LogP contribution in [0.4, 0.5) is 4.39 Å². The van der Waals surface area contributed by atoms with Crippen molar-refractivity contribution < 1.29 is 4.39 Å². The minimum atomic E-state index is -0.213. The highest BCUT2D eigenvalue weighted by Gasteiger charge is 1.97. The van der Waals surface area contributed by atoms with E-state index in [2.05, 4.69) is 10.9 Å². The van der Waals surface area contributed by atoms with E-state index in [0.29, 0.717) is 13.0 Å². The van der Waals surface area contributed by atoms with Gasteiger partial charge in [0.25, 0.3) is 12.6 Å². The molecule has 0 spiro atoms. The first kappa shape index (κ1) is 11.3. The number of halogens is 1.